The Labute approximate surface area is 131 Å². The van der Waals surface area contributed by atoms with Crippen LogP contribution in [0.2, 0.25) is 0 Å². The molecule has 22 heavy (non-hydrogen) atoms. The number of anilines is 1. The van der Waals surface area contributed by atoms with Gasteiger partial charge in [-0.1, -0.05) is 13.8 Å². The molecule has 1 aliphatic rings. The van der Waals surface area contributed by atoms with Gasteiger partial charge >= 0.3 is 0 Å². The van der Waals surface area contributed by atoms with Crippen LogP contribution in [0.1, 0.15) is 38.2 Å². The predicted octanol–water partition coefficient (Wildman–Crippen LogP) is 2.56. The van der Waals surface area contributed by atoms with Crippen molar-refractivity contribution in [2.75, 3.05) is 32.3 Å². The Bertz CT molecular complexity index is 542. The fourth-order valence-electron chi connectivity index (χ4n) is 3.04. The zero-order valence-electron chi connectivity index (χ0n) is 13.8. The van der Waals surface area contributed by atoms with Crippen LogP contribution in [0.15, 0.2) is 12.1 Å². The molecular weight excluding hydrogens is 282 g/mol. The maximum absolute atomic E-state index is 12.5. The topological polar surface area (TPSA) is 59.0 Å². The number of amides is 1. The Kier molecular flexibility index (Phi) is 5.29. The summed E-state index contributed by atoms with van der Waals surface area (Å²) in [5, 5.41) is 9.33. The first-order valence-electron chi connectivity index (χ1n) is 7.71. The van der Waals surface area contributed by atoms with Crippen molar-refractivity contribution in [3.8, 4) is 11.5 Å². The number of hydrogen-bond acceptors (Lipinski definition) is 4. The molecule has 1 aliphatic heterocycles. The van der Waals surface area contributed by atoms with Gasteiger partial charge in [0.15, 0.2) is 0 Å². The van der Waals surface area contributed by atoms with E-state index in [1.165, 1.54) is 0 Å². The van der Waals surface area contributed by atoms with Gasteiger partial charge in [-0.15, -0.1) is 0 Å². The Morgan fingerprint density at radius 3 is 2.64 bits per heavy atom. The van der Waals surface area contributed by atoms with E-state index in [-0.39, 0.29) is 24.3 Å². The largest absolute Gasteiger partial charge is 0.497 e. The lowest BCUT2D eigenvalue weighted by Crippen LogP contribution is -2.39. The average Bonchev–Trinajstić information content (AvgIpc) is 2.53. The van der Waals surface area contributed by atoms with Crippen LogP contribution in [0.3, 0.4) is 0 Å². The molecule has 0 bridgehead atoms. The minimum atomic E-state index is -0.0700. The predicted molar refractivity (Wildman–Crippen MR) is 85.8 cm³/mol. The number of hydrogen-bond donors (Lipinski definition) is 1. The molecule has 1 amide bonds. The molecule has 2 rings (SSSR count). The number of ether oxygens (including phenoxy) is 2. The Morgan fingerprint density at radius 1 is 1.36 bits per heavy atom. The number of aliphatic hydroxyl groups is 1. The summed E-state index contributed by atoms with van der Waals surface area (Å²) in [7, 11) is 3.22. The maximum atomic E-state index is 12.5. The highest BCUT2D eigenvalue weighted by atomic mass is 16.5. The minimum absolute atomic E-state index is 0.0700. The van der Waals surface area contributed by atoms with E-state index in [9.17, 15) is 9.90 Å². The third-order valence-electron chi connectivity index (χ3n) is 4.19. The standard InChI is InChI=1S/C17H25NO4/c1-11(2)17(20)18-7-5-12(6-8-19)16-14(18)9-13(21-3)10-15(16)22-4/h9-12,19H,5-8H2,1-4H3/t12-/m0/s1. The lowest BCUT2D eigenvalue weighted by atomic mass is 9.86. The first-order chi connectivity index (χ1) is 10.5. The molecule has 0 saturated heterocycles. The molecule has 0 radical (unpaired) electrons. The van der Waals surface area contributed by atoms with Gasteiger partial charge in [0.1, 0.15) is 11.5 Å². The van der Waals surface area contributed by atoms with Gasteiger partial charge in [-0.05, 0) is 18.8 Å². The Morgan fingerprint density at radius 2 is 2.09 bits per heavy atom. The van der Waals surface area contributed by atoms with Crippen LogP contribution in [0.5, 0.6) is 11.5 Å². The van der Waals surface area contributed by atoms with Crippen molar-refractivity contribution in [1.82, 2.24) is 0 Å². The lowest BCUT2D eigenvalue weighted by molar-refractivity contribution is -0.121. The summed E-state index contributed by atoms with van der Waals surface area (Å²) in [6, 6.07) is 3.73. The summed E-state index contributed by atoms with van der Waals surface area (Å²) in [6.07, 6.45) is 1.49. The summed E-state index contributed by atoms with van der Waals surface area (Å²) in [4.78, 5) is 14.3. The second-order valence-corrected chi connectivity index (χ2v) is 5.90. The van der Waals surface area contributed by atoms with Gasteiger partial charge in [-0.25, -0.2) is 0 Å². The minimum Gasteiger partial charge on any atom is -0.497 e. The molecule has 0 fully saturated rings. The first kappa shape index (κ1) is 16.6. The summed E-state index contributed by atoms with van der Waals surface area (Å²) in [5.74, 6) is 1.60. The van der Waals surface area contributed by atoms with Crippen LogP contribution in [0.25, 0.3) is 0 Å². The number of methoxy groups -OCH3 is 2. The lowest BCUT2D eigenvalue weighted by Gasteiger charge is -2.36. The van der Waals surface area contributed by atoms with Crippen molar-refractivity contribution in [3.63, 3.8) is 0 Å². The van der Waals surface area contributed by atoms with Crippen molar-refractivity contribution >= 4 is 11.6 Å². The van der Waals surface area contributed by atoms with Crippen LogP contribution < -0.4 is 14.4 Å². The molecule has 5 nitrogen and oxygen atoms in total. The fraction of sp³-hybridized carbons (Fsp3) is 0.588. The average molecular weight is 307 g/mol. The van der Waals surface area contributed by atoms with E-state index in [0.717, 1.165) is 17.7 Å². The van der Waals surface area contributed by atoms with Crippen molar-refractivity contribution in [2.45, 2.75) is 32.6 Å². The number of aliphatic hydroxyl groups excluding tert-OH is 1. The SMILES string of the molecule is COc1cc(OC)c2c(c1)N(C(=O)C(C)C)CC[C@H]2CCO. The second-order valence-electron chi connectivity index (χ2n) is 5.90. The molecule has 0 aromatic heterocycles. The van der Waals surface area contributed by atoms with Gasteiger partial charge in [-0.2, -0.15) is 0 Å². The zero-order valence-corrected chi connectivity index (χ0v) is 13.8. The molecule has 1 atom stereocenters. The monoisotopic (exact) mass is 307 g/mol. The van der Waals surface area contributed by atoms with E-state index in [1.807, 2.05) is 30.9 Å². The summed E-state index contributed by atoms with van der Waals surface area (Å²) in [6.45, 7) is 4.58. The third kappa shape index (κ3) is 3.04. The highest BCUT2D eigenvalue weighted by Gasteiger charge is 2.32. The van der Waals surface area contributed by atoms with Crippen LogP contribution in [-0.4, -0.2) is 38.4 Å². The van der Waals surface area contributed by atoms with Crippen molar-refractivity contribution in [1.29, 1.82) is 0 Å². The summed E-state index contributed by atoms with van der Waals surface area (Å²) >= 11 is 0. The van der Waals surface area contributed by atoms with Gasteiger partial charge in [0.2, 0.25) is 5.91 Å². The van der Waals surface area contributed by atoms with Gasteiger partial charge < -0.3 is 19.5 Å². The molecule has 1 aromatic carbocycles. The molecule has 0 aliphatic carbocycles. The molecule has 0 saturated carbocycles. The van der Waals surface area contributed by atoms with E-state index in [0.29, 0.717) is 24.5 Å². The highest BCUT2D eigenvalue weighted by molar-refractivity contribution is 5.96. The van der Waals surface area contributed by atoms with Crippen LogP contribution >= 0.6 is 0 Å². The van der Waals surface area contributed by atoms with Crippen LogP contribution in [0.4, 0.5) is 5.69 Å². The first-order valence-corrected chi connectivity index (χ1v) is 7.71. The van der Waals surface area contributed by atoms with Gasteiger partial charge in [0, 0.05) is 36.8 Å². The molecule has 0 spiro atoms. The van der Waals surface area contributed by atoms with E-state index >= 15 is 0 Å². The van der Waals surface area contributed by atoms with Crippen molar-refractivity contribution in [3.05, 3.63) is 17.7 Å². The molecule has 1 heterocycles. The summed E-state index contributed by atoms with van der Waals surface area (Å²) < 4.78 is 10.9. The molecule has 1 aromatic rings. The number of benzene rings is 1. The molecular formula is C17H25NO4. The number of rotatable bonds is 5. The maximum Gasteiger partial charge on any atom is 0.229 e. The third-order valence-corrected chi connectivity index (χ3v) is 4.19. The second kappa shape index (κ2) is 7.01. The van der Waals surface area contributed by atoms with E-state index in [4.69, 9.17) is 9.47 Å². The normalized spacial score (nSPS) is 17.4. The molecule has 1 N–H and O–H groups in total. The van der Waals surface area contributed by atoms with Crippen LogP contribution in [0, 0.1) is 5.92 Å². The van der Waals surface area contributed by atoms with Crippen molar-refractivity contribution < 1.29 is 19.4 Å². The smallest absolute Gasteiger partial charge is 0.229 e. The summed E-state index contributed by atoms with van der Waals surface area (Å²) in [5.41, 5.74) is 1.84. The van der Waals surface area contributed by atoms with E-state index in [2.05, 4.69) is 0 Å². The number of carbonyl (C=O) groups excluding carboxylic acids is 1. The number of nitrogens with zero attached hydrogens (tertiary/aromatic N) is 1. The molecule has 5 heteroatoms. The zero-order chi connectivity index (χ0) is 16.3. The van der Waals surface area contributed by atoms with Gasteiger partial charge in [0.05, 0.1) is 19.9 Å². The van der Waals surface area contributed by atoms with E-state index in [1.54, 1.807) is 14.2 Å². The van der Waals surface area contributed by atoms with Crippen molar-refractivity contribution in [2.24, 2.45) is 5.92 Å². The van der Waals surface area contributed by atoms with Crippen LogP contribution in [-0.2, 0) is 4.79 Å². The quantitative estimate of drug-likeness (QED) is 0.908. The fourth-order valence-corrected chi connectivity index (χ4v) is 3.04. The van der Waals surface area contributed by atoms with Gasteiger partial charge in [-0.3, -0.25) is 4.79 Å². The molecule has 122 valence electrons. The Hall–Kier alpha value is -1.75. The van der Waals surface area contributed by atoms with E-state index < -0.39 is 0 Å². The van der Waals surface area contributed by atoms with Gasteiger partial charge in [0.25, 0.3) is 0 Å². The molecule has 0 unspecified atom stereocenters. The number of fused-ring (bicyclic) bond motifs is 1. The number of carbonyl (C=O) groups is 1. The highest BCUT2D eigenvalue weighted by Crippen LogP contribution is 2.45. The Balaban J connectivity index is 2.56.